The normalized spacial score (nSPS) is 10.8. The van der Waals surface area contributed by atoms with Crippen LogP contribution in [-0.4, -0.2) is 17.6 Å². The predicted molar refractivity (Wildman–Crippen MR) is 103 cm³/mol. The molecule has 0 aliphatic carbocycles. The summed E-state index contributed by atoms with van der Waals surface area (Å²) >= 11 is 12.1. The number of halogens is 2. The van der Waals surface area contributed by atoms with Crippen LogP contribution >= 0.6 is 23.2 Å². The average molecular weight is 390 g/mol. The van der Waals surface area contributed by atoms with E-state index in [0.29, 0.717) is 22.4 Å². The molecule has 0 aliphatic heterocycles. The maximum absolute atomic E-state index is 11.1. The lowest BCUT2D eigenvalue weighted by Gasteiger charge is -2.06. The van der Waals surface area contributed by atoms with Crippen molar-refractivity contribution in [2.24, 2.45) is 0 Å². The van der Waals surface area contributed by atoms with Crippen molar-refractivity contribution in [3.05, 3.63) is 81.5 Å². The molecule has 6 heteroatoms. The molecule has 4 nitrogen and oxygen atoms in total. The van der Waals surface area contributed by atoms with Crippen LogP contribution in [0.4, 0.5) is 0 Å². The van der Waals surface area contributed by atoms with E-state index < -0.39 is 5.97 Å². The quantitative estimate of drug-likeness (QED) is 0.539. The van der Waals surface area contributed by atoms with E-state index in [4.69, 9.17) is 32.7 Å². The first-order chi connectivity index (χ1) is 12.5. The van der Waals surface area contributed by atoms with E-state index in [1.807, 2.05) is 30.3 Å². The molecular formula is C20H17Cl2NO3. The highest BCUT2D eigenvalue weighted by Gasteiger charge is 2.08. The lowest BCUT2D eigenvalue weighted by molar-refractivity contribution is 0.0697. The van der Waals surface area contributed by atoms with Crippen molar-refractivity contribution >= 4 is 29.2 Å². The van der Waals surface area contributed by atoms with Gasteiger partial charge >= 0.3 is 5.97 Å². The van der Waals surface area contributed by atoms with Gasteiger partial charge in [0.1, 0.15) is 11.5 Å². The van der Waals surface area contributed by atoms with Crippen molar-refractivity contribution < 1.29 is 14.3 Å². The summed E-state index contributed by atoms with van der Waals surface area (Å²) in [5, 5.41) is 13.7. The lowest BCUT2D eigenvalue weighted by Crippen LogP contribution is -2.16. The Labute approximate surface area is 161 Å². The Morgan fingerprint density at radius 3 is 2.69 bits per heavy atom. The zero-order chi connectivity index (χ0) is 18.5. The van der Waals surface area contributed by atoms with E-state index in [-0.39, 0.29) is 5.56 Å². The van der Waals surface area contributed by atoms with Crippen molar-refractivity contribution in [3.63, 3.8) is 0 Å². The van der Waals surface area contributed by atoms with Crippen LogP contribution in [0.5, 0.6) is 0 Å². The SMILES string of the molecule is O=C(O)c1cccc(-c2ccc(CNCCc3ccc(Cl)cc3Cl)o2)c1. The van der Waals surface area contributed by atoms with Gasteiger partial charge in [0, 0.05) is 15.6 Å². The van der Waals surface area contributed by atoms with Crippen molar-refractivity contribution in [1.29, 1.82) is 0 Å². The monoisotopic (exact) mass is 389 g/mol. The largest absolute Gasteiger partial charge is 0.478 e. The van der Waals surface area contributed by atoms with Crippen LogP contribution in [0.15, 0.2) is 59.0 Å². The van der Waals surface area contributed by atoms with E-state index in [9.17, 15) is 4.79 Å². The Kier molecular flexibility index (Phi) is 5.99. The highest BCUT2D eigenvalue weighted by molar-refractivity contribution is 6.35. The molecule has 0 fully saturated rings. The first-order valence-corrected chi connectivity index (χ1v) is 8.85. The Bertz CT molecular complexity index is 921. The summed E-state index contributed by atoms with van der Waals surface area (Å²) in [5.41, 5.74) is 2.01. The Morgan fingerprint density at radius 1 is 1.08 bits per heavy atom. The van der Waals surface area contributed by atoms with Gasteiger partial charge in [-0.25, -0.2) is 4.79 Å². The maximum atomic E-state index is 11.1. The van der Waals surface area contributed by atoms with Crippen molar-refractivity contribution in [1.82, 2.24) is 5.32 Å². The number of carboxylic acid groups (broad SMARTS) is 1. The first kappa shape index (κ1) is 18.5. The molecule has 0 unspecified atom stereocenters. The number of hydrogen-bond acceptors (Lipinski definition) is 3. The Hall–Kier alpha value is -2.27. The van der Waals surface area contributed by atoms with E-state index in [1.165, 1.54) is 0 Å². The number of rotatable bonds is 7. The molecule has 1 heterocycles. The van der Waals surface area contributed by atoms with Gasteiger partial charge in [0.15, 0.2) is 0 Å². The van der Waals surface area contributed by atoms with Crippen LogP contribution in [-0.2, 0) is 13.0 Å². The first-order valence-electron chi connectivity index (χ1n) is 8.10. The summed E-state index contributed by atoms with van der Waals surface area (Å²) in [7, 11) is 0. The van der Waals surface area contributed by atoms with Crippen LogP contribution in [0.3, 0.4) is 0 Å². The maximum Gasteiger partial charge on any atom is 0.335 e. The minimum absolute atomic E-state index is 0.235. The fraction of sp³-hybridized carbons (Fsp3) is 0.150. The zero-order valence-electron chi connectivity index (χ0n) is 13.8. The number of carboxylic acids is 1. The summed E-state index contributed by atoms with van der Waals surface area (Å²) in [6, 6.07) is 15.9. The molecule has 0 bridgehead atoms. The van der Waals surface area contributed by atoms with Crippen molar-refractivity contribution in [2.75, 3.05) is 6.54 Å². The fourth-order valence-corrected chi connectivity index (χ4v) is 3.10. The fourth-order valence-electron chi connectivity index (χ4n) is 2.59. The summed E-state index contributed by atoms with van der Waals surface area (Å²) in [6.07, 6.45) is 0.782. The van der Waals surface area contributed by atoms with Gasteiger partial charge in [0.25, 0.3) is 0 Å². The molecule has 3 rings (SSSR count). The van der Waals surface area contributed by atoms with E-state index in [2.05, 4.69) is 5.32 Å². The molecule has 3 aromatic rings. The van der Waals surface area contributed by atoms with Gasteiger partial charge < -0.3 is 14.8 Å². The molecule has 0 atom stereocenters. The van der Waals surface area contributed by atoms with E-state index in [0.717, 1.165) is 29.9 Å². The minimum Gasteiger partial charge on any atom is -0.478 e. The molecule has 0 spiro atoms. The predicted octanol–water partition coefficient (Wildman–Crippen LogP) is 5.28. The second-order valence-corrected chi connectivity index (χ2v) is 6.66. The molecule has 26 heavy (non-hydrogen) atoms. The number of nitrogens with one attached hydrogen (secondary N) is 1. The minimum atomic E-state index is -0.957. The summed E-state index contributed by atoms with van der Waals surface area (Å²) in [4.78, 5) is 11.1. The van der Waals surface area contributed by atoms with E-state index in [1.54, 1.807) is 24.3 Å². The topological polar surface area (TPSA) is 62.5 Å². The van der Waals surface area contributed by atoms with Crippen molar-refractivity contribution in [3.8, 4) is 11.3 Å². The van der Waals surface area contributed by atoms with Crippen LogP contribution in [0.1, 0.15) is 21.7 Å². The van der Waals surface area contributed by atoms with Gasteiger partial charge in [-0.15, -0.1) is 0 Å². The Morgan fingerprint density at radius 2 is 1.92 bits per heavy atom. The van der Waals surface area contributed by atoms with Crippen LogP contribution < -0.4 is 5.32 Å². The third-order valence-electron chi connectivity index (χ3n) is 3.94. The third-order valence-corrected chi connectivity index (χ3v) is 4.53. The average Bonchev–Trinajstić information content (AvgIpc) is 3.09. The van der Waals surface area contributed by atoms with Gasteiger partial charge in [-0.05, 0) is 54.9 Å². The molecule has 0 aliphatic rings. The second kappa shape index (κ2) is 8.41. The summed E-state index contributed by atoms with van der Waals surface area (Å²) < 4.78 is 5.80. The van der Waals surface area contributed by atoms with Crippen molar-refractivity contribution in [2.45, 2.75) is 13.0 Å². The molecule has 2 N–H and O–H groups in total. The third kappa shape index (κ3) is 4.67. The lowest BCUT2D eigenvalue weighted by atomic mass is 10.1. The molecule has 0 amide bonds. The summed E-state index contributed by atoms with van der Waals surface area (Å²) in [6.45, 7) is 1.32. The van der Waals surface area contributed by atoms with Gasteiger partial charge in [-0.2, -0.15) is 0 Å². The highest BCUT2D eigenvalue weighted by Crippen LogP contribution is 2.24. The molecular weight excluding hydrogens is 373 g/mol. The number of furan rings is 1. The number of aromatic carboxylic acids is 1. The molecule has 0 radical (unpaired) electrons. The van der Waals surface area contributed by atoms with E-state index >= 15 is 0 Å². The standard InChI is InChI=1S/C20H17Cl2NO3/c21-16-5-4-13(18(22)11-16)8-9-23-12-17-6-7-19(26-17)14-2-1-3-15(10-14)20(24)25/h1-7,10-11,23H,8-9,12H2,(H,24,25). The van der Waals surface area contributed by atoms with Crippen LogP contribution in [0.25, 0.3) is 11.3 Å². The molecule has 0 saturated heterocycles. The van der Waals surface area contributed by atoms with Gasteiger partial charge in [-0.3, -0.25) is 0 Å². The van der Waals surface area contributed by atoms with Gasteiger partial charge in [-0.1, -0.05) is 41.4 Å². The summed E-state index contributed by atoms with van der Waals surface area (Å²) in [5.74, 6) is 0.467. The molecule has 134 valence electrons. The number of benzene rings is 2. The number of hydrogen-bond donors (Lipinski definition) is 2. The van der Waals surface area contributed by atoms with Gasteiger partial charge in [0.05, 0.1) is 12.1 Å². The Balaban J connectivity index is 1.55. The molecule has 0 saturated carbocycles. The zero-order valence-corrected chi connectivity index (χ0v) is 15.3. The highest BCUT2D eigenvalue weighted by atomic mass is 35.5. The van der Waals surface area contributed by atoms with Gasteiger partial charge in [0.2, 0.25) is 0 Å². The second-order valence-electron chi connectivity index (χ2n) is 5.81. The number of carbonyl (C=O) groups is 1. The smallest absolute Gasteiger partial charge is 0.335 e. The van der Waals surface area contributed by atoms with Crippen LogP contribution in [0.2, 0.25) is 10.0 Å². The van der Waals surface area contributed by atoms with Crippen LogP contribution in [0, 0.1) is 0 Å². The molecule has 1 aromatic heterocycles. The molecule has 2 aromatic carbocycles.